The Kier molecular flexibility index (Phi) is 7.11. The van der Waals surface area contributed by atoms with Crippen LogP contribution >= 0.6 is 0 Å². The lowest BCUT2D eigenvalue weighted by molar-refractivity contribution is 0.136. The molecule has 2 heterocycles. The average Bonchev–Trinajstić information content (AvgIpc) is 3.34. The predicted octanol–water partition coefficient (Wildman–Crippen LogP) is 4.22. The molecule has 0 aliphatic carbocycles. The minimum atomic E-state index is 0.269. The van der Waals surface area contributed by atoms with Crippen molar-refractivity contribution >= 4 is 0 Å². The van der Waals surface area contributed by atoms with E-state index in [2.05, 4.69) is 67.4 Å². The van der Waals surface area contributed by atoms with Crippen LogP contribution in [0.3, 0.4) is 0 Å². The van der Waals surface area contributed by atoms with Gasteiger partial charge in [0.05, 0.1) is 13.2 Å². The second kappa shape index (κ2) is 9.54. The lowest BCUT2D eigenvalue weighted by Crippen LogP contribution is -2.46. The van der Waals surface area contributed by atoms with Gasteiger partial charge in [-0.3, -0.25) is 4.90 Å². The molecule has 1 aliphatic rings. The molecule has 4 nitrogen and oxygen atoms in total. The maximum atomic E-state index is 9.60. The average molecular weight is 371 g/mol. The zero-order chi connectivity index (χ0) is 19.2. The van der Waals surface area contributed by atoms with Crippen molar-refractivity contribution in [3.8, 4) is 11.3 Å². The first-order chi connectivity index (χ1) is 13.1. The number of aliphatic hydroxyl groups is 1. The molecule has 27 heavy (non-hydrogen) atoms. The van der Waals surface area contributed by atoms with E-state index in [4.69, 9.17) is 4.42 Å². The molecular weight excluding hydrogens is 336 g/mol. The minimum absolute atomic E-state index is 0.269. The lowest BCUT2D eigenvalue weighted by Gasteiger charge is -2.31. The summed E-state index contributed by atoms with van der Waals surface area (Å²) in [5.74, 6) is 2.47. The number of hydrogen-bond donors (Lipinski definition) is 2. The molecule has 2 N–H and O–H groups in total. The summed E-state index contributed by atoms with van der Waals surface area (Å²) in [5, 5.41) is 13.3. The largest absolute Gasteiger partial charge is 0.460 e. The molecule has 148 valence electrons. The molecule has 3 unspecified atom stereocenters. The van der Waals surface area contributed by atoms with Crippen molar-refractivity contribution in [1.82, 2.24) is 10.2 Å². The highest BCUT2D eigenvalue weighted by Gasteiger charge is 2.27. The van der Waals surface area contributed by atoms with Crippen LogP contribution in [0.2, 0.25) is 0 Å². The Morgan fingerprint density at radius 2 is 2.00 bits per heavy atom. The molecule has 2 aromatic rings. The topological polar surface area (TPSA) is 48.6 Å². The molecule has 0 amide bonds. The van der Waals surface area contributed by atoms with Gasteiger partial charge in [0.1, 0.15) is 11.5 Å². The summed E-state index contributed by atoms with van der Waals surface area (Å²) in [6.07, 6.45) is 3.44. The van der Waals surface area contributed by atoms with Crippen LogP contribution in [0.5, 0.6) is 0 Å². The SMILES string of the molecule is CCC(C)C(CN1CCCC1CO)NCc1ccc(-c2ccc(C)cc2)o1. The highest BCUT2D eigenvalue weighted by Crippen LogP contribution is 2.23. The number of nitrogens with zero attached hydrogens (tertiary/aromatic N) is 1. The normalized spacial score (nSPS) is 20.1. The van der Waals surface area contributed by atoms with E-state index in [0.29, 0.717) is 18.0 Å². The van der Waals surface area contributed by atoms with Crippen LogP contribution in [-0.2, 0) is 6.54 Å². The van der Waals surface area contributed by atoms with E-state index in [-0.39, 0.29) is 6.61 Å². The molecular formula is C23H34N2O2. The Labute approximate surface area is 163 Å². The van der Waals surface area contributed by atoms with E-state index >= 15 is 0 Å². The standard InChI is InChI=1S/C23H34N2O2/c1-4-18(3)22(15-25-13-5-6-20(25)16-26)24-14-21-11-12-23(27-21)19-9-7-17(2)8-10-19/h7-12,18,20,22,24,26H,4-6,13-16H2,1-3H3. The van der Waals surface area contributed by atoms with Crippen molar-refractivity contribution in [3.05, 3.63) is 47.7 Å². The molecule has 0 bridgehead atoms. The van der Waals surface area contributed by atoms with E-state index in [1.807, 2.05) is 0 Å². The molecule has 1 fully saturated rings. The molecule has 0 saturated carbocycles. The van der Waals surface area contributed by atoms with Crippen molar-refractivity contribution in [2.45, 2.75) is 58.7 Å². The molecule has 3 rings (SSSR count). The van der Waals surface area contributed by atoms with Crippen LogP contribution in [-0.4, -0.2) is 41.8 Å². The van der Waals surface area contributed by atoms with Crippen LogP contribution in [0.1, 0.15) is 44.4 Å². The summed E-state index contributed by atoms with van der Waals surface area (Å²) in [5.41, 5.74) is 2.37. The van der Waals surface area contributed by atoms with Gasteiger partial charge in [0.25, 0.3) is 0 Å². The summed E-state index contributed by atoms with van der Waals surface area (Å²) < 4.78 is 6.07. The fraction of sp³-hybridized carbons (Fsp3) is 0.565. The number of furan rings is 1. The lowest BCUT2D eigenvalue weighted by atomic mass is 9.98. The number of aryl methyl sites for hydroxylation is 1. The molecule has 1 saturated heterocycles. The van der Waals surface area contributed by atoms with E-state index < -0.39 is 0 Å². The maximum Gasteiger partial charge on any atom is 0.134 e. The van der Waals surface area contributed by atoms with E-state index in [9.17, 15) is 5.11 Å². The summed E-state index contributed by atoms with van der Waals surface area (Å²) in [6, 6.07) is 13.3. The number of likely N-dealkylation sites (tertiary alicyclic amines) is 1. The monoisotopic (exact) mass is 370 g/mol. The van der Waals surface area contributed by atoms with Gasteiger partial charge < -0.3 is 14.8 Å². The fourth-order valence-electron chi connectivity index (χ4n) is 3.90. The van der Waals surface area contributed by atoms with Gasteiger partial charge in [0, 0.05) is 24.2 Å². The van der Waals surface area contributed by atoms with Crippen LogP contribution in [0, 0.1) is 12.8 Å². The third-order valence-electron chi connectivity index (χ3n) is 6.01. The molecule has 1 aliphatic heterocycles. The molecule has 1 aromatic carbocycles. The summed E-state index contributed by atoms with van der Waals surface area (Å²) in [7, 11) is 0. The molecule has 0 radical (unpaired) electrons. The summed E-state index contributed by atoms with van der Waals surface area (Å²) in [6.45, 7) is 9.74. The quantitative estimate of drug-likeness (QED) is 0.694. The Hall–Kier alpha value is -1.62. The molecule has 0 spiro atoms. The van der Waals surface area contributed by atoms with Gasteiger partial charge in [-0.2, -0.15) is 0 Å². The maximum absolute atomic E-state index is 9.60. The zero-order valence-electron chi connectivity index (χ0n) is 16.9. The van der Waals surface area contributed by atoms with Crippen LogP contribution in [0.25, 0.3) is 11.3 Å². The Balaban J connectivity index is 1.61. The first-order valence-electron chi connectivity index (χ1n) is 10.3. The predicted molar refractivity (Wildman–Crippen MR) is 111 cm³/mol. The van der Waals surface area contributed by atoms with Gasteiger partial charge in [-0.1, -0.05) is 50.1 Å². The molecule has 4 heteroatoms. The summed E-state index contributed by atoms with van der Waals surface area (Å²) in [4.78, 5) is 2.45. The number of benzene rings is 1. The van der Waals surface area contributed by atoms with Crippen molar-refractivity contribution in [2.75, 3.05) is 19.7 Å². The van der Waals surface area contributed by atoms with Gasteiger partial charge in [0.2, 0.25) is 0 Å². The highest BCUT2D eigenvalue weighted by molar-refractivity contribution is 5.57. The number of hydrogen-bond acceptors (Lipinski definition) is 4. The van der Waals surface area contributed by atoms with Crippen molar-refractivity contribution in [2.24, 2.45) is 5.92 Å². The third-order valence-corrected chi connectivity index (χ3v) is 6.01. The van der Waals surface area contributed by atoms with Crippen LogP contribution in [0.15, 0.2) is 40.8 Å². The van der Waals surface area contributed by atoms with Gasteiger partial charge >= 0.3 is 0 Å². The van der Waals surface area contributed by atoms with Gasteiger partial charge in [-0.25, -0.2) is 0 Å². The smallest absolute Gasteiger partial charge is 0.134 e. The van der Waals surface area contributed by atoms with Crippen molar-refractivity contribution in [3.63, 3.8) is 0 Å². The fourth-order valence-corrected chi connectivity index (χ4v) is 3.90. The van der Waals surface area contributed by atoms with Crippen LogP contribution in [0.4, 0.5) is 0 Å². The minimum Gasteiger partial charge on any atom is -0.460 e. The van der Waals surface area contributed by atoms with Crippen molar-refractivity contribution < 1.29 is 9.52 Å². The Bertz CT molecular complexity index is 695. The molecule has 3 atom stereocenters. The number of aliphatic hydroxyl groups excluding tert-OH is 1. The Morgan fingerprint density at radius 3 is 2.70 bits per heavy atom. The Morgan fingerprint density at radius 1 is 1.22 bits per heavy atom. The number of rotatable bonds is 9. The van der Waals surface area contributed by atoms with Gasteiger partial charge in [-0.15, -0.1) is 0 Å². The first-order valence-corrected chi connectivity index (χ1v) is 10.3. The molecule has 1 aromatic heterocycles. The second-order valence-electron chi connectivity index (χ2n) is 7.98. The van der Waals surface area contributed by atoms with Gasteiger partial charge in [0.15, 0.2) is 0 Å². The first kappa shape index (κ1) is 20.1. The summed E-state index contributed by atoms with van der Waals surface area (Å²) >= 11 is 0. The van der Waals surface area contributed by atoms with E-state index in [1.54, 1.807) is 0 Å². The van der Waals surface area contributed by atoms with Crippen molar-refractivity contribution in [1.29, 1.82) is 0 Å². The highest BCUT2D eigenvalue weighted by atomic mass is 16.3. The zero-order valence-corrected chi connectivity index (χ0v) is 16.9. The van der Waals surface area contributed by atoms with Gasteiger partial charge in [-0.05, 0) is 44.4 Å². The van der Waals surface area contributed by atoms with E-state index in [0.717, 1.165) is 49.6 Å². The van der Waals surface area contributed by atoms with Crippen LogP contribution < -0.4 is 5.32 Å². The van der Waals surface area contributed by atoms with E-state index in [1.165, 1.54) is 12.0 Å². The second-order valence-corrected chi connectivity index (χ2v) is 7.98. The number of nitrogens with one attached hydrogen (secondary N) is 1. The third kappa shape index (κ3) is 5.22.